The third-order valence-electron chi connectivity index (χ3n) is 1.66. The SMILES string of the molecule is COc1ccc(O)c(/C=N\NS(C)(=O)=O)c1. The topological polar surface area (TPSA) is 88.0 Å². The van der Waals surface area contributed by atoms with Crippen LogP contribution in [0.3, 0.4) is 0 Å². The van der Waals surface area contributed by atoms with E-state index in [1.54, 1.807) is 6.07 Å². The maximum absolute atomic E-state index is 10.7. The highest BCUT2D eigenvalue weighted by Gasteiger charge is 2.01. The summed E-state index contributed by atoms with van der Waals surface area (Å²) in [5, 5.41) is 12.9. The molecule has 0 aliphatic heterocycles. The van der Waals surface area contributed by atoms with E-state index in [0.29, 0.717) is 11.3 Å². The number of nitrogens with one attached hydrogen (secondary N) is 1. The van der Waals surface area contributed by atoms with Crippen LogP contribution in [0.15, 0.2) is 23.3 Å². The van der Waals surface area contributed by atoms with Gasteiger partial charge in [-0.1, -0.05) is 0 Å². The maximum atomic E-state index is 10.7. The smallest absolute Gasteiger partial charge is 0.244 e. The van der Waals surface area contributed by atoms with Crippen molar-refractivity contribution in [2.75, 3.05) is 13.4 Å². The van der Waals surface area contributed by atoms with Crippen LogP contribution in [0, 0.1) is 0 Å². The quantitative estimate of drug-likeness (QED) is 0.588. The monoisotopic (exact) mass is 244 g/mol. The average molecular weight is 244 g/mol. The number of nitrogens with zero attached hydrogens (tertiary/aromatic N) is 1. The fourth-order valence-corrected chi connectivity index (χ4v) is 1.20. The van der Waals surface area contributed by atoms with Crippen molar-refractivity contribution in [1.29, 1.82) is 0 Å². The second-order valence-electron chi connectivity index (χ2n) is 3.05. The summed E-state index contributed by atoms with van der Waals surface area (Å²) in [5.74, 6) is 0.526. The highest BCUT2D eigenvalue weighted by Crippen LogP contribution is 2.20. The van der Waals surface area contributed by atoms with Crippen LogP contribution in [0.4, 0.5) is 0 Å². The van der Waals surface area contributed by atoms with Crippen LogP contribution in [0.1, 0.15) is 5.56 Å². The number of ether oxygens (including phenoxy) is 1. The van der Waals surface area contributed by atoms with Gasteiger partial charge in [-0.2, -0.15) is 5.10 Å². The van der Waals surface area contributed by atoms with E-state index < -0.39 is 10.0 Å². The molecule has 16 heavy (non-hydrogen) atoms. The molecule has 6 nitrogen and oxygen atoms in total. The number of aromatic hydroxyl groups is 1. The number of methoxy groups -OCH3 is 1. The standard InChI is InChI=1S/C9H12N2O4S/c1-15-8-3-4-9(12)7(5-8)6-10-11-16(2,13)14/h3-6,11-12H,1-2H3/b10-6-. The second-order valence-corrected chi connectivity index (χ2v) is 4.77. The van der Waals surface area contributed by atoms with Gasteiger partial charge in [0.1, 0.15) is 11.5 Å². The van der Waals surface area contributed by atoms with E-state index in [2.05, 4.69) is 5.10 Å². The van der Waals surface area contributed by atoms with Crippen LogP contribution in [-0.2, 0) is 10.0 Å². The van der Waals surface area contributed by atoms with E-state index in [9.17, 15) is 13.5 Å². The molecule has 0 saturated carbocycles. The molecule has 1 aromatic carbocycles. The molecule has 0 bridgehead atoms. The van der Waals surface area contributed by atoms with Gasteiger partial charge in [-0.05, 0) is 18.2 Å². The van der Waals surface area contributed by atoms with Crippen molar-refractivity contribution in [3.8, 4) is 11.5 Å². The van der Waals surface area contributed by atoms with Crippen LogP contribution in [0.5, 0.6) is 11.5 Å². The molecule has 0 aliphatic carbocycles. The van der Waals surface area contributed by atoms with Crippen molar-refractivity contribution < 1.29 is 18.3 Å². The highest BCUT2D eigenvalue weighted by molar-refractivity contribution is 7.88. The molecule has 0 aromatic heterocycles. The van der Waals surface area contributed by atoms with Gasteiger partial charge >= 0.3 is 0 Å². The van der Waals surface area contributed by atoms with Crippen molar-refractivity contribution in [3.63, 3.8) is 0 Å². The second kappa shape index (κ2) is 4.84. The zero-order valence-electron chi connectivity index (χ0n) is 8.84. The number of phenolic OH excluding ortho intramolecular Hbond substituents is 1. The lowest BCUT2D eigenvalue weighted by molar-refractivity contribution is 0.412. The maximum Gasteiger partial charge on any atom is 0.244 e. The van der Waals surface area contributed by atoms with Gasteiger partial charge in [-0.3, -0.25) is 0 Å². The molecule has 0 fully saturated rings. The summed E-state index contributed by atoms with van der Waals surface area (Å²) in [6.45, 7) is 0. The van der Waals surface area contributed by atoms with Gasteiger partial charge in [0.2, 0.25) is 10.0 Å². The number of benzene rings is 1. The fourth-order valence-electron chi connectivity index (χ4n) is 0.955. The Morgan fingerprint density at radius 1 is 1.50 bits per heavy atom. The van der Waals surface area contributed by atoms with E-state index in [-0.39, 0.29) is 5.75 Å². The first-order chi connectivity index (χ1) is 7.42. The Kier molecular flexibility index (Phi) is 3.73. The lowest BCUT2D eigenvalue weighted by atomic mass is 10.2. The van der Waals surface area contributed by atoms with Gasteiger partial charge in [0.15, 0.2) is 0 Å². The van der Waals surface area contributed by atoms with Gasteiger partial charge in [-0.15, -0.1) is 0 Å². The molecule has 0 radical (unpaired) electrons. The molecule has 0 atom stereocenters. The number of sulfonamides is 1. The summed E-state index contributed by atoms with van der Waals surface area (Å²) in [7, 11) is -1.90. The Labute approximate surface area is 93.6 Å². The molecule has 88 valence electrons. The van der Waals surface area contributed by atoms with Crippen molar-refractivity contribution in [2.24, 2.45) is 5.10 Å². The number of phenols is 1. The minimum atomic E-state index is -3.38. The average Bonchev–Trinajstić information content (AvgIpc) is 2.19. The molecule has 0 heterocycles. The van der Waals surface area contributed by atoms with E-state index in [4.69, 9.17) is 4.74 Å². The number of hydrazone groups is 1. The number of hydrogen-bond acceptors (Lipinski definition) is 5. The summed E-state index contributed by atoms with van der Waals surface area (Å²) < 4.78 is 26.4. The largest absolute Gasteiger partial charge is 0.507 e. The van der Waals surface area contributed by atoms with E-state index in [1.165, 1.54) is 25.5 Å². The van der Waals surface area contributed by atoms with Crippen molar-refractivity contribution >= 4 is 16.2 Å². The summed E-state index contributed by atoms with van der Waals surface area (Å²) in [4.78, 5) is 1.92. The molecular formula is C9H12N2O4S. The summed E-state index contributed by atoms with van der Waals surface area (Å²) in [6.07, 6.45) is 2.18. The van der Waals surface area contributed by atoms with Gasteiger partial charge in [0.25, 0.3) is 0 Å². The molecule has 7 heteroatoms. The number of rotatable bonds is 4. The van der Waals surface area contributed by atoms with Crippen LogP contribution >= 0.6 is 0 Å². The number of hydrogen-bond donors (Lipinski definition) is 2. The van der Waals surface area contributed by atoms with Crippen LogP contribution < -0.4 is 9.57 Å². The molecule has 1 rings (SSSR count). The summed E-state index contributed by atoms with van der Waals surface area (Å²) in [5.41, 5.74) is 0.357. The summed E-state index contributed by atoms with van der Waals surface area (Å²) >= 11 is 0. The van der Waals surface area contributed by atoms with E-state index in [0.717, 1.165) is 6.26 Å². The third kappa shape index (κ3) is 3.77. The van der Waals surface area contributed by atoms with Gasteiger partial charge in [0.05, 0.1) is 19.6 Å². The highest BCUT2D eigenvalue weighted by atomic mass is 32.2. The lowest BCUT2D eigenvalue weighted by Gasteiger charge is -2.02. The normalized spacial score (nSPS) is 11.6. The van der Waals surface area contributed by atoms with Crippen molar-refractivity contribution in [3.05, 3.63) is 23.8 Å². The fraction of sp³-hybridized carbons (Fsp3) is 0.222. The van der Waals surface area contributed by atoms with E-state index >= 15 is 0 Å². The zero-order valence-corrected chi connectivity index (χ0v) is 9.65. The predicted octanol–water partition coefficient (Wildman–Crippen LogP) is 0.284. The molecule has 1 aromatic rings. The third-order valence-corrected chi connectivity index (χ3v) is 2.09. The Morgan fingerprint density at radius 3 is 2.75 bits per heavy atom. The van der Waals surface area contributed by atoms with Crippen LogP contribution in [0.25, 0.3) is 0 Å². The van der Waals surface area contributed by atoms with Crippen molar-refractivity contribution in [2.45, 2.75) is 0 Å². The first kappa shape index (κ1) is 12.3. The van der Waals surface area contributed by atoms with Gasteiger partial charge < -0.3 is 9.84 Å². The van der Waals surface area contributed by atoms with Gasteiger partial charge in [-0.25, -0.2) is 13.2 Å². The molecule has 0 unspecified atom stereocenters. The Morgan fingerprint density at radius 2 is 2.19 bits per heavy atom. The van der Waals surface area contributed by atoms with E-state index in [1.807, 2.05) is 4.83 Å². The predicted molar refractivity (Wildman–Crippen MR) is 60.2 cm³/mol. The minimum Gasteiger partial charge on any atom is -0.507 e. The molecule has 0 aliphatic rings. The lowest BCUT2D eigenvalue weighted by Crippen LogP contribution is -2.15. The molecule has 0 saturated heterocycles. The van der Waals surface area contributed by atoms with Gasteiger partial charge in [0, 0.05) is 5.56 Å². The molecule has 2 N–H and O–H groups in total. The molecular weight excluding hydrogens is 232 g/mol. The Bertz CT molecular complexity index is 496. The Balaban J connectivity index is 2.88. The molecule has 0 spiro atoms. The Hall–Kier alpha value is -1.76. The summed E-state index contributed by atoms with van der Waals surface area (Å²) in [6, 6.07) is 4.54. The van der Waals surface area contributed by atoms with Crippen LogP contribution in [-0.4, -0.2) is 33.1 Å². The minimum absolute atomic E-state index is 0.0140. The molecule has 0 amide bonds. The van der Waals surface area contributed by atoms with Crippen LogP contribution in [0.2, 0.25) is 0 Å². The zero-order chi connectivity index (χ0) is 12.2. The first-order valence-electron chi connectivity index (χ1n) is 4.29. The first-order valence-corrected chi connectivity index (χ1v) is 6.18. The van der Waals surface area contributed by atoms with Crippen molar-refractivity contribution in [1.82, 2.24) is 4.83 Å².